The molecule has 0 amide bonds. The zero-order valence-corrected chi connectivity index (χ0v) is 22.5. The number of nitrogens with zero attached hydrogens (tertiary/aromatic N) is 7. The smallest absolute Gasteiger partial charge is 0.245 e. The molecule has 0 saturated heterocycles. The molecule has 1 unspecified atom stereocenters. The van der Waals surface area contributed by atoms with Crippen LogP contribution in [-0.2, 0) is 12.8 Å². The Morgan fingerprint density at radius 3 is 2.17 bits per heavy atom. The van der Waals surface area contributed by atoms with Crippen LogP contribution in [0.3, 0.4) is 0 Å². The van der Waals surface area contributed by atoms with Crippen molar-refractivity contribution in [2.24, 2.45) is 0 Å². The molecule has 3 N–H and O–H groups in total. The monoisotopic (exact) mass is 520 g/mol. The SMILES string of the molecule is CC(C)O.COc1ncnc(OC)c1-n1c(CCCCO)nnc1NSC(C)Cc1ncc(C)cn1. The van der Waals surface area contributed by atoms with E-state index in [9.17, 15) is 0 Å². The first kappa shape index (κ1) is 29.2. The zero-order chi connectivity index (χ0) is 26.5. The maximum Gasteiger partial charge on any atom is 0.245 e. The van der Waals surface area contributed by atoms with Crippen LogP contribution in [0, 0.1) is 6.92 Å². The second-order valence-corrected chi connectivity index (χ2v) is 9.45. The van der Waals surface area contributed by atoms with Gasteiger partial charge < -0.3 is 19.7 Å². The Bertz CT molecular complexity index is 1020. The molecule has 3 aromatic rings. The van der Waals surface area contributed by atoms with Gasteiger partial charge in [-0.25, -0.2) is 9.97 Å². The van der Waals surface area contributed by atoms with E-state index >= 15 is 0 Å². The van der Waals surface area contributed by atoms with Gasteiger partial charge in [-0.3, -0.25) is 9.29 Å². The number of anilines is 1. The van der Waals surface area contributed by atoms with Gasteiger partial charge in [0.05, 0.1) is 14.2 Å². The highest BCUT2D eigenvalue weighted by atomic mass is 32.2. The van der Waals surface area contributed by atoms with Gasteiger partial charge in [0, 0.05) is 43.2 Å². The molecule has 0 aliphatic carbocycles. The van der Waals surface area contributed by atoms with E-state index in [4.69, 9.17) is 19.7 Å². The van der Waals surface area contributed by atoms with Crippen LogP contribution in [0.5, 0.6) is 11.8 Å². The van der Waals surface area contributed by atoms with Gasteiger partial charge in [0.15, 0.2) is 5.69 Å². The third-order valence-corrected chi connectivity index (χ3v) is 5.43. The molecule has 0 spiro atoms. The summed E-state index contributed by atoms with van der Waals surface area (Å²) in [5.74, 6) is 2.64. The van der Waals surface area contributed by atoms with E-state index in [-0.39, 0.29) is 18.0 Å². The molecule has 198 valence electrons. The van der Waals surface area contributed by atoms with Crippen molar-refractivity contribution in [3.05, 3.63) is 35.9 Å². The van der Waals surface area contributed by atoms with Crippen LogP contribution < -0.4 is 14.2 Å². The summed E-state index contributed by atoms with van der Waals surface area (Å²) in [5.41, 5.74) is 1.54. The first-order valence-electron chi connectivity index (χ1n) is 11.7. The molecule has 0 saturated carbocycles. The minimum absolute atomic E-state index is 0.120. The van der Waals surface area contributed by atoms with Gasteiger partial charge in [0.25, 0.3) is 0 Å². The zero-order valence-electron chi connectivity index (χ0n) is 21.7. The summed E-state index contributed by atoms with van der Waals surface area (Å²) in [6.07, 6.45) is 7.55. The molecule has 3 rings (SSSR count). The summed E-state index contributed by atoms with van der Waals surface area (Å²) in [6, 6.07) is 0. The molecule has 0 radical (unpaired) electrons. The highest BCUT2D eigenvalue weighted by Gasteiger charge is 2.23. The van der Waals surface area contributed by atoms with Crippen molar-refractivity contribution in [1.82, 2.24) is 34.7 Å². The van der Waals surface area contributed by atoms with E-state index in [0.717, 1.165) is 17.8 Å². The molecule has 13 heteroatoms. The van der Waals surface area contributed by atoms with Gasteiger partial charge in [-0.15, -0.1) is 10.2 Å². The van der Waals surface area contributed by atoms with Crippen LogP contribution in [0.25, 0.3) is 5.69 Å². The van der Waals surface area contributed by atoms with Crippen LogP contribution in [0.1, 0.15) is 50.8 Å². The predicted octanol–water partition coefficient (Wildman–Crippen LogP) is 2.57. The molecule has 0 aliphatic heterocycles. The number of methoxy groups -OCH3 is 2. The van der Waals surface area contributed by atoms with Gasteiger partial charge in [-0.1, -0.05) is 6.92 Å². The normalized spacial score (nSPS) is 11.6. The Balaban J connectivity index is 0.00000106. The van der Waals surface area contributed by atoms with Crippen molar-refractivity contribution in [1.29, 1.82) is 0 Å². The van der Waals surface area contributed by atoms with Crippen molar-refractivity contribution in [2.75, 3.05) is 25.5 Å². The molecular formula is C23H36N8O4S. The van der Waals surface area contributed by atoms with Crippen LogP contribution in [0.4, 0.5) is 5.95 Å². The summed E-state index contributed by atoms with van der Waals surface area (Å²) in [7, 11) is 3.07. The Morgan fingerprint density at radius 1 is 1.00 bits per heavy atom. The summed E-state index contributed by atoms with van der Waals surface area (Å²) < 4.78 is 16.0. The van der Waals surface area contributed by atoms with Gasteiger partial charge in [0.1, 0.15) is 18.0 Å². The number of aromatic nitrogens is 7. The van der Waals surface area contributed by atoms with Crippen LogP contribution in [0.15, 0.2) is 18.7 Å². The fourth-order valence-corrected chi connectivity index (χ4v) is 3.66. The van der Waals surface area contributed by atoms with E-state index in [1.165, 1.54) is 32.5 Å². The number of aliphatic hydroxyl groups excluding tert-OH is 2. The fourth-order valence-electron chi connectivity index (χ4n) is 2.99. The Labute approximate surface area is 216 Å². The maximum atomic E-state index is 9.15. The molecule has 0 bridgehead atoms. The van der Waals surface area contributed by atoms with Crippen molar-refractivity contribution in [3.63, 3.8) is 0 Å². The Kier molecular flexibility index (Phi) is 12.3. The van der Waals surface area contributed by atoms with E-state index in [1.807, 2.05) is 19.3 Å². The third kappa shape index (κ3) is 8.88. The second-order valence-electron chi connectivity index (χ2n) is 8.20. The lowest BCUT2D eigenvalue weighted by Crippen LogP contribution is -2.12. The number of ether oxygens (including phenoxy) is 2. The first-order valence-corrected chi connectivity index (χ1v) is 12.5. The lowest BCUT2D eigenvalue weighted by atomic mass is 10.2. The van der Waals surface area contributed by atoms with Gasteiger partial charge in [0.2, 0.25) is 17.7 Å². The van der Waals surface area contributed by atoms with Crippen LogP contribution >= 0.6 is 11.9 Å². The molecule has 0 aliphatic rings. The lowest BCUT2D eigenvalue weighted by Gasteiger charge is -2.16. The molecule has 0 fully saturated rings. The Morgan fingerprint density at radius 2 is 1.61 bits per heavy atom. The fraction of sp³-hybridized carbons (Fsp3) is 0.565. The average Bonchev–Trinajstić information content (AvgIpc) is 3.25. The number of hydrogen-bond donors (Lipinski definition) is 3. The van der Waals surface area contributed by atoms with Crippen LogP contribution in [-0.4, -0.2) is 77.1 Å². The van der Waals surface area contributed by atoms with Crippen molar-refractivity contribution in [2.45, 2.75) is 64.7 Å². The number of hydrogen-bond acceptors (Lipinski definition) is 12. The largest absolute Gasteiger partial charge is 0.479 e. The molecular weight excluding hydrogens is 484 g/mol. The summed E-state index contributed by atoms with van der Waals surface area (Å²) in [4.78, 5) is 17.2. The second kappa shape index (κ2) is 15.2. The first-order chi connectivity index (χ1) is 17.3. The third-order valence-electron chi connectivity index (χ3n) is 4.56. The minimum atomic E-state index is -0.167. The van der Waals surface area contributed by atoms with Gasteiger partial charge in [-0.2, -0.15) is 9.97 Å². The van der Waals surface area contributed by atoms with Crippen LogP contribution in [0.2, 0.25) is 0 Å². The summed E-state index contributed by atoms with van der Waals surface area (Å²) in [6.45, 7) is 7.61. The molecule has 3 heterocycles. The van der Waals surface area contributed by atoms with E-state index in [1.54, 1.807) is 18.4 Å². The average molecular weight is 521 g/mol. The van der Waals surface area contributed by atoms with Gasteiger partial charge in [-0.05, 0) is 51.1 Å². The number of unbranched alkanes of at least 4 members (excludes halogenated alkanes) is 1. The number of aliphatic hydroxyl groups is 2. The van der Waals surface area contributed by atoms with E-state index in [2.05, 4.69) is 41.8 Å². The van der Waals surface area contributed by atoms with Crippen molar-refractivity contribution < 1.29 is 19.7 Å². The standard InChI is InChI=1S/C20H28N8O3S.C3H8O/c1-13-10-21-15(22-11-13)9-14(2)32-27-20-26-25-16(7-5-6-8-29)28(20)17-18(30-3)23-12-24-19(17)31-4;1-3(2)4/h10-12,14,29H,5-9H2,1-4H3,(H,26,27);3-4H,1-2H3. The van der Waals surface area contributed by atoms with Crippen molar-refractivity contribution >= 4 is 17.9 Å². The predicted molar refractivity (Wildman–Crippen MR) is 139 cm³/mol. The molecule has 0 aromatic carbocycles. The highest BCUT2D eigenvalue weighted by molar-refractivity contribution is 8.01. The Hall–Kier alpha value is -3.03. The van der Waals surface area contributed by atoms with Gasteiger partial charge >= 0.3 is 0 Å². The summed E-state index contributed by atoms with van der Waals surface area (Å²) >= 11 is 1.49. The number of rotatable bonds is 12. The van der Waals surface area contributed by atoms with Crippen molar-refractivity contribution in [3.8, 4) is 17.4 Å². The topological polar surface area (TPSA) is 153 Å². The number of nitrogens with one attached hydrogen (secondary N) is 1. The molecule has 3 aromatic heterocycles. The molecule has 36 heavy (non-hydrogen) atoms. The molecule has 12 nitrogen and oxygen atoms in total. The molecule has 1 atom stereocenters. The minimum Gasteiger partial charge on any atom is -0.479 e. The quantitative estimate of drug-likeness (QED) is 0.237. The summed E-state index contributed by atoms with van der Waals surface area (Å²) in [5, 5.41) is 26.1. The van der Waals surface area contributed by atoms with E-state index < -0.39 is 0 Å². The maximum absolute atomic E-state index is 9.15. The lowest BCUT2D eigenvalue weighted by molar-refractivity contribution is 0.216. The number of aryl methyl sites for hydroxylation is 2. The highest BCUT2D eigenvalue weighted by Crippen LogP contribution is 2.33. The van der Waals surface area contributed by atoms with E-state index in [0.29, 0.717) is 48.5 Å².